The summed E-state index contributed by atoms with van der Waals surface area (Å²) in [6.07, 6.45) is 5.41. The number of aromatic nitrogens is 3. The predicted octanol–water partition coefficient (Wildman–Crippen LogP) is 1.57. The van der Waals surface area contributed by atoms with Gasteiger partial charge in [-0.05, 0) is 28.7 Å². The smallest absolute Gasteiger partial charge is 0.216 e. The number of hydrogen-bond donors (Lipinski definition) is 0. The van der Waals surface area contributed by atoms with Crippen molar-refractivity contribution in [3.63, 3.8) is 0 Å². The van der Waals surface area contributed by atoms with Gasteiger partial charge in [0.15, 0.2) is 6.20 Å². The molecule has 0 unspecified atom stereocenters. The second kappa shape index (κ2) is 4.00. The van der Waals surface area contributed by atoms with Crippen molar-refractivity contribution in [2.24, 2.45) is 7.05 Å². The van der Waals surface area contributed by atoms with Crippen LogP contribution in [0.2, 0.25) is 0 Å². The zero-order chi connectivity index (χ0) is 9.97. The highest BCUT2D eigenvalue weighted by Crippen LogP contribution is 2.18. The Morgan fingerprint density at radius 3 is 2.93 bits per heavy atom. The van der Waals surface area contributed by atoms with Crippen LogP contribution < -0.4 is 4.57 Å². The Kier molecular flexibility index (Phi) is 2.72. The molecule has 0 amide bonds. The maximum atomic E-state index is 4.16. The lowest BCUT2D eigenvalue weighted by atomic mass is 10.2. The molecule has 0 bridgehead atoms. The highest BCUT2D eigenvalue weighted by atomic mass is 127. The van der Waals surface area contributed by atoms with Crippen LogP contribution in [0.3, 0.4) is 0 Å². The van der Waals surface area contributed by atoms with Gasteiger partial charge in [0.25, 0.3) is 0 Å². The molecule has 0 aromatic carbocycles. The van der Waals surface area contributed by atoms with E-state index in [1.807, 2.05) is 31.6 Å². The molecule has 3 nitrogen and oxygen atoms in total. The van der Waals surface area contributed by atoms with Crippen molar-refractivity contribution in [3.05, 3.63) is 40.6 Å². The summed E-state index contributed by atoms with van der Waals surface area (Å²) in [6, 6.07) is 6.07. The largest absolute Gasteiger partial charge is 0.244 e. The molecule has 0 N–H and O–H groups in total. The summed E-state index contributed by atoms with van der Waals surface area (Å²) in [5.74, 6) is 0. The first kappa shape index (κ1) is 9.51. The highest BCUT2D eigenvalue weighted by molar-refractivity contribution is 14.1. The Hall–Kier alpha value is -1.04. The van der Waals surface area contributed by atoms with E-state index in [1.165, 1.54) is 0 Å². The van der Waals surface area contributed by atoms with Gasteiger partial charge in [0.05, 0.1) is 5.56 Å². The molecule has 2 heterocycles. The van der Waals surface area contributed by atoms with Crippen molar-refractivity contribution < 1.29 is 4.57 Å². The van der Waals surface area contributed by atoms with Gasteiger partial charge in [-0.2, -0.15) is 0 Å². The van der Waals surface area contributed by atoms with Crippen LogP contribution in [0.25, 0.3) is 11.3 Å². The fraction of sp³-hybridized carbons (Fsp3) is 0.100. The van der Waals surface area contributed by atoms with E-state index in [2.05, 4.69) is 43.2 Å². The van der Waals surface area contributed by atoms with Gasteiger partial charge in [0.1, 0.15) is 17.1 Å². The van der Waals surface area contributed by atoms with Crippen molar-refractivity contribution >= 4 is 22.6 Å². The van der Waals surface area contributed by atoms with Gasteiger partial charge in [-0.15, -0.1) is 0 Å². The summed E-state index contributed by atoms with van der Waals surface area (Å²) in [4.78, 5) is 8.19. The molecule has 2 rings (SSSR count). The van der Waals surface area contributed by atoms with Crippen LogP contribution in [0.15, 0.2) is 36.9 Å². The molecular formula is C10H9IN3+. The summed E-state index contributed by atoms with van der Waals surface area (Å²) in [5, 5.41) is 0. The van der Waals surface area contributed by atoms with Gasteiger partial charge in [0, 0.05) is 18.3 Å². The SMILES string of the molecule is C[n+]1ccccc1-c1cncnc1I. The molecule has 70 valence electrons. The summed E-state index contributed by atoms with van der Waals surface area (Å²) in [5.41, 5.74) is 2.19. The Bertz CT molecular complexity index is 413. The van der Waals surface area contributed by atoms with Gasteiger partial charge >= 0.3 is 0 Å². The molecule has 14 heavy (non-hydrogen) atoms. The number of hydrogen-bond acceptors (Lipinski definition) is 2. The van der Waals surface area contributed by atoms with E-state index in [9.17, 15) is 0 Å². The molecule has 0 radical (unpaired) electrons. The maximum Gasteiger partial charge on any atom is 0.216 e. The average Bonchev–Trinajstić information content (AvgIpc) is 2.20. The zero-order valence-corrected chi connectivity index (χ0v) is 9.84. The molecular weight excluding hydrogens is 289 g/mol. The van der Waals surface area contributed by atoms with Crippen molar-refractivity contribution in [1.82, 2.24) is 9.97 Å². The molecule has 0 aliphatic carbocycles. The van der Waals surface area contributed by atoms with Crippen LogP contribution in [0.5, 0.6) is 0 Å². The Balaban J connectivity index is 2.61. The molecule has 0 saturated heterocycles. The topological polar surface area (TPSA) is 29.7 Å². The minimum atomic E-state index is 0.972. The number of aryl methyl sites for hydroxylation is 1. The number of nitrogens with zero attached hydrogens (tertiary/aromatic N) is 3. The molecule has 0 aliphatic heterocycles. The molecule has 0 atom stereocenters. The standard InChI is InChI=1S/C10H9IN3/c1-14-5-3-2-4-9(14)8-6-12-7-13-10(8)11/h2-7H,1H3/q+1. The molecule has 0 saturated carbocycles. The third kappa shape index (κ3) is 1.75. The summed E-state index contributed by atoms with van der Waals surface area (Å²) in [6.45, 7) is 0. The van der Waals surface area contributed by atoms with Crippen molar-refractivity contribution in [3.8, 4) is 11.3 Å². The predicted molar refractivity (Wildman–Crippen MR) is 61.4 cm³/mol. The van der Waals surface area contributed by atoms with Crippen LogP contribution in [0.4, 0.5) is 0 Å². The maximum absolute atomic E-state index is 4.16. The Labute approximate surface area is 96.0 Å². The number of halogens is 1. The first-order valence-corrected chi connectivity index (χ1v) is 5.27. The van der Waals surface area contributed by atoms with Gasteiger partial charge in [-0.1, -0.05) is 0 Å². The lowest BCUT2D eigenvalue weighted by molar-refractivity contribution is -0.660. The Morgan fingerprint density at radius 2 is 2.21 bits per heavy atom. The van der Waals surface area contributed by atoms with Gasteiger partial charge in [-0.25, -0.2) is 14.5 Å². The quantitative estimate of drug-likeness (QED) is 0.454. The van der Waals surface area contributed by atoms with E-state index < -0.39 is 0 Å². The first-order chi connectivity index (χ1) is 6.79. The number of pyridine rings is 1. The lowest BCUT2D eigenvalue weighted by Gasteiger charge is -2.00. The van der Waals surface area contributed by atoms with Crippen LogP contribution >= 0.6 is 22.6 Å². The second-order valence-electron chi connectivity index (χ2n) is 2.92. The second-order valence-corrected chi connectivity index (χ2v) is 3.95. The molecule has 0 aliphatic rings. The van der Waals surface area contributed by atoms with Crippen molar-refractivity contribution in [1.29, 1.82) is 0 Å². The van der Waals surface area contributed by atoms with Crippen LogP contribution in [0.1, 0.15) is 0 Å². The minimum Gasteiger partial charge on any atom is -0.244 e. The monoisotopic (exact) mass is 298 g/mol. The van der Waals surface area contributed by atoms with E-state index in [4.69, 9.17) is 0 Å². The van der Waals surface area contributed by atoms with Gasteiger partial charge in [-0.3, -0.25) is 0 Å². The van der Waals surface area contributed by atoms with Crippen LogP contribution in [-0.4, -0.2) is 9.97 Å². The van der Waals surface area contributed by atoms with Gasteiger partial charge in [0.2, 0.25) is 5.69 Å². The van der Waals surface area contributed by atoms with E-state index in [-0.39, 0.29) is 0 Å². The van der Waals surface area contributed by atoms with E-state index in [0.717, 1.165) is 15.0 Å². The van der Waals surface area contributed by atoms with Crippen molar-refractivity contribution in [2.45, 2.75) is 0 Å². The van der Waals surface area contributed by atoms with Crippen molar-refractivity contribution in [2.75, 3.05) is 0 Å². The average molecular weight is 298 g/mol. The minimum absolute atomic E-state index is 0.972. The van der Waals surface area contributed by atoms with E-state index >= 15 is 0 Å². The molecule has 2 aromatic heterocycles. The van der Waals surface area contributed by atoms with E-state index in [0.29, 0.717) is 0 Å². The molecule has 2 aromatic rings. The first-order valence-electron chi connectivity index (χ1n) is 4.19. The highest BCUT2D eigenvalue weighted by Gasteiger charge is 2.12. The Morgan fingerprint density at radius 1 is 1.36 bits per heavy atom. The fourth-order valence-corrected chi connectivity index (χ4v) is 1.83. The zero-order valence-electron chi connectivity index (χ0n) is 7.68. The third-order valence-electron chi connectivity index (χ3n) is 1.99. The molecule has 0 fully saturated rings. The summed E-state index contributed by atoms with van der Waals surface area (Å²) >= 11 is 2.22. The third-order valence-corrected chi connectivity index (χ3v) is 2.85. The fourth-order valence-electron chi connectivity index (χ4n) is 1.29. The summed E-state index contributed by atoms with van der Waals surface area (Å²) in [7, 11) is 2.01. The normalized spacial score (nSPS) is 10.1. The van der Waals surface area contributed by atoms with Crippen LogP contribution in [-0.2, 0) is 7.05 Å². The summed E-state index contributed by atoms with van der Waals surface area (Å²) < 4.78 is 3.03. The number of rotatable bonds is 1. The lowest BCUT2D eigenvalue weighted by Crippen LogP contribution is -2.30. The van der Waals surface area contributed by atoms with E-state index in [1.54, 1.807) is 6.33 Å². The molecule has 4 heteroatoms. The van der Waals surface area contributed by atoms with Gasteiger partial charge < -0.3 is 0 Å². The van der Waals surface area contributed by atoms with Crippen LogP contribution in [0, 0.1) is 3.70 Å². The molecule has 0 spiro atoms.